The first kappa shape index (κ1) is 17.5. The molecule has 26 heavy (non-hydrogen) atoms. The molecule has 3 rings (SSSR count). The van der Waals surface area contributed by atoms with Gasteiger partial charge in [0.15, 0.2) is 0 Å². The van der Waals surface area contributed by atoms with Crippen LogP contribution >= 0.6 is 0 Å². The van der Waals surface area contributed by atoms with Gasteiger partial charge in [0.2, 0.25) is 5.91 Å². The van der Waals surface area contributed by atoms with Crippen LogP contribution in [0.15, 0.2) is 71.8 Å². The van der Waals surface area contributed by atoms with E-state index in [1.54, 1.807) is 18.2 Å². The van der Waals surface area contributed by atoms with Gasteiger partial charge >= 0.3 is 0 Å². The molecule has 1 heterocycles. The number of carbonyl (C=O) groups excluding carboxylic acids is 1. The normalized spacial score (nSPS) is 11.8. The molecule has 1 atom stereocenters. The standard InChI is InChI=1S/C20H18FN3O2/c1-14(15-7-3-2-4-8-15)23-19(25)12-24-13-22-18(11-20(24)26)16-9-5-6-10-17(16)21/h2-11,13-14H,12H2,1H3,(H,23,25). The molecule has 0 fully saturated rings. The highest BCUT2D eigenvalue weighted by Gasteiger charge is 2.12. The number of hydrogen-bond acceptors (Lipinski definition) is 3. The Morgan fingerprint density at radius 2 is 1.85 bits per heavy atom. The number of nitrogens with one attached hydrogen (secondary N) is 1. The molecule has 3 aromatic rings. The largest absolute Gasteiger partial charge is 0.348 e. The Kier molecular flexibility index (Phi) is 5.22. The van der Waals surface area contributed by atoms with Crippen LogP contribution < -0.4 is 10.9 Å². The van der Waals surface area contributed by atoms with Crippen LogP contribution in [-0.2, 0) is 11.3 Å². The summed E-state index contributed by atoms with van der Waals surface area (Å²) in [6.07, 6.45) is 1.26. The number of rotatable bonds is 5. The smallest absolute Gasteiger partial charge is 0.254 e. The van der Waals surface area contributed by atoms with Crippen LogP contribution in [0.5, 0.6) is 0 Å². The minimum Gasteiger partial charge on any atom is -0.348 e. The van der Waals surface area contributed by atoms with E-state index in [-0.39, 0.29) is 29.8 Å². The molecule has 0 bridgehead atoms. The van der Waals surface area contributed by atoms with Crippen molar-refractivity contribution in [3.8, 4) is 11.3 Å². The molecule has 1 N–H and O–H groups in total. The van der Waals surface area contributed by atoms with Gasteiger partial charge in [-0.2, -0.15) is 0 Å². The van der Waals surface area contributed by atoms with Crippen molar-refractivity contribution in [2.75, 3.05) is 0 Å². The summed E-state index contributed by atoms with van der Waals surface area (Å²) in [5.74, 6) is -0.754. The summed E-state index contributed by atoms with van der Waals surface area (Å²) in [4.78, 5) is 28.5. The first-order chi connectivity index (χ1) is 12.5. The summed E-state index contributed by atoms with van der Waals surface area (Å²) in [7, 11) is 0. The fourth-order valence-corrected chi connectivity index (χ4v) is 2.63. The van der Waals surface area contributed by atoms with Gasteiger partial charge in [-0.25, -0.2) is 9.37 Å². The van der Waals surface area contributed by atoms with Crippen molar-refractivity contribution in [2.45, 2.75) is 19.5 Å². The minimum atomic E-state index is -0.452. The molecule has 1 aromatic heterocycles. The van der Waals surface area contributed by atoms with Gasteiger partial charge in [-0.15, -0.1) is 0 Å². The van der Waals surface area contributed by atoms with Crippen LogP contribution in [-0.4, -0.2) is 15.5 Å². The van der Waals surface area contributed by atoms with Gasteiger partial charge in [-0.1, -0.05) is 42.5 Å². The predicted octanol–water partition coefficient (Wildman–Crippen LogP) is 2.93. The molecule has 0 saturated carbocycles. The third-order valence-corrected chi connectivity index (χ3v) is 4.02. The van der Waals surface area contributed by atoms with E-state index in [1.165, 1.54) is 23.0 Å². The van der Waals surface area contributed by atoms with Gasteiger partial charge in [0.1, 0.15) is 12.4 Å². The monoisotopic (exact) mass is 351 g/mol. The quantitative estimate of drug-likeness (QED) is 0.769. The van der Waals surface area contributed by atoms with E-state index in [2.05, 4.69) is 10.3 Å². The van der Waals surface area contributed by atoms with E-state index in [0.29, 0.717) is 0 Å². The van der Waals surface area contributed by atoms with Gasteiger partial charge in [0, 0.05) is 11.6 Å². The van der Waals surface area contributed by atoms with Crippen molar-refractivity contribution in [3.05, 3.63) is 88.7 Å². The lowest BCUT2D eigenvalue weighted by Gasteiger charge is -2.15. The lowest BCUT2D eigenvalue weighted by molar-refractivity contribution is -0.122. The molecule has 0 spiro atoms. The molecule has 1 unspecified atom stereocenters. The number of halogens is 1. The van der Waals surface area contributed by atoms with Gasteiger partial charge < -0.3 is 5.32 Å². The molecule has 0 aliphatic carbocycles. The first-order valence-corrected chi connectivity index (χ1v) is 8.20. The van der Waals surface area contributed by atoms with Gasteiger partial charge in [0.25, 0.3) is 5.56 Å². The Morgan fingerprint density at radius 1 is 1.15 bits per heavy atom. The number of aromatic nitrogens is 2. The van der Waals surface area contributed by atoms with Crippen molar-refractivity contribution in [3.63, 3.8) is 0 Å². The Hall–Kier alpha value is -3.28. The second-order valence-corrected chi connectivity index (χ2v) is 5.92. The van der Waals surface area contributed by atoms with Gasteiger partial charge in [-0.3, -0.25) is 14.2 Å². The molecule has 6 heteroatoms. The van der Waals surface area contributed by atoms with Crippen molar-refractivity contribution in [2.24, 2.45) is 0 Å². The molecule has 0 saturated heterocycles. The van der Waals surface area contributed by atoms with Crippen molar-refractivity contribution in [1.29, 1.82) is 0 Å². The topological polar surface area (TPSA) is 64.0 Å². The minimum absolute atomic E-state index is 0.152. The lowest BCUT2D eigenvalue weighted by Crippen LogP contribution is -2.33. The van der Waals surface area contributed by atoms with E-state index in [9.17, 15) is 14.0 Å². The Balaban J connectivity index is 1.71. The van der Waals surface area contributed by atoms with Crippen LogP contribution in [0, 0.1) is 5.82 Å². The number of amides is 1. The molecule has 0 aliphatic heterocycles. The molecule has 132 valence electrons. The van der Waals surface area contributed by atoms with Crippen molar-refractivity contribution >= 4 is 5.91 Å². The zero-order chi connectivity index (χ0) is 18.5. The van der Waals surface area contributed by atoms with Crippen LogP contribution in [0.3, 0.4) is 0 Å². The highest BCUT2D eigenvalue weighted by Crippen LogP contribution is 2.18. The maximum absolute atomic E-state index is 13.8. The summed E-state index contributed by atoms with van der Waals surface area (Å²) in [6.45, 7) is 1.72. The second-order valence-electron chi connectivity index (χ2n) is 5.92. The first-order valence-electron chi connectivity index (χ1n) is 8.20. The average Bonchev–Trinajstić information content (AvgIpc) is 2.64. The van der Waals surface area contributed by atoms with Crippen LogP contribution in [0.2, 0.25) is 0 Å². The summed E-state index contributed by atoms with van der Waals surface area (Å²) in [5, 5.41) is 2.84. The van der Waals surface area contributed by atoms with E-state index < -0.39 is 11.4 Å². The van der Waals surface area contributed by atoms with E-state index >= 15 is 0 Å². The maximum atomic E-state index is 13.8. The van der Waals surface area contributed by atoms with Gasteiger partial charge in [-0.05, 0) is 24.6 Å². The van der Waals surface area contributed by atoms with Crippen LogP contribution in [0.25, 0.3) is 11.3 Å². The molecular weight excluding hydrogens is 333 g/mol. The maximum Gasteiger partial charge on any atom is 0.254 e. The lowest BCUT2D eigenvalue weighted by atomic mass is 10.1. The van der Waals surface area contributed by atoms with E-state index in [4.69, 9.17) is 0 Å². The molecular formula is C20H18FN3O2. The SMILES string of the molecule is CC(NC(=O)Cn1cnc(-c2ccccc2F)cc1=O)c1ccccc1. The van der Waals surface area contributed by atoms with Crippen LogP contribution in [0.1, 0.15) is 18.5 Å². The average molecular weight is 351 g/mol. The van der Waals surface area contributed by atoms with Gasteiger partial charge in [0.05, 0.1) is 18.1 Å². The number of hydrogen-bond donors (Lipinski definition) is 1. The van der Waals surface area contributed by atoms with Crippen LogP contribution in [0.4, 0.5) is 4.39 Å². The molecule has 2 aromatic carbocycles. The molecule has 1 amide bonds. The summed E-state index contributed by atoms with van der Waals surface area (Å²) in [6, 6.07) is 16.7. The number of nitrogens with zero attached hydrogens (tertiary/aromatic N) is 2. The zero-order valence-corrected chi connectivity index (χ0v) is 14.2. The molecule has 0 aliphatic rings. The summed E-state index contributed by atoms with van der Waals surface area (Å²) < 4.78 is 15.0. The molecule has 0 radical (unpaired) electrons. The number of benzene rings is 2. The third kappa shape index (κ3) is 4.03. The van der Waals surface area contributed by atoms with E-state index in [0.717, 1.165) is 5.56 Å². The van der Waals surface area contributed by atoms with E-state index in [1.807, 2.05) is 37.3 Å². The highest BCUT2D eigenvalue weighted by atomic mass is 19.1. The van der Waals surface area contributed by atoms with Crippen molar-refractivity contribution < 1.29 is 9.18 Å². The third-order valence-electron chi connectivity index (χ3n) is 4.02. The Labute approximate surface area is 150 Å². The fraction of sp³-hybridized carbons (Fsp3) is 0.150. The fourth-order valence-electron chi connectivity index (χ4n) is 2.63. The number of carbonyl (C=O) groups is 1. The van der Waals surface area contributed by atoms with Crippen molar-refractivity contribution in [1.82, 2.24) is 14.9 Å². The summed E-state index contributed by atoms with van der Waals surface area (Å²) >= 11 is 0. The Bertz CT molecular complexity index is 970. The molecule has 5 nitrogen and oxygen atoms in total. The Morgan fingerprint density at radius 3 is 2.54 bits per heavy atom. The highest BCUT2D eigenvalue weighted by molar-refractivity contribution is 5.76. The summed E-state index contributed by atoms with van der Waals surface area (Å²) in [5.41, 5.74) is 1.04. The zero-order valence-electron chi connectivity index (χ0n) is 14.2. The predicted molar refractivity (Wildman–Crippen MR) is 96.9 cm³/mol. The second kappa shape index (κ2) is 7.74.